The lowest BCUT2D eigenvalue weighted by molar-refractivity contribution is -0.688. The first-order chi connectivity index (χ1) is 19.1. The molecule has 0 spiro atoms. The number of ether oxygens (including phenoxy) is 1. The molecule has 0 aliphatic carbocycles. The molecule has 1 heterocycles. The number of pyridine rings is 1. The number of unbranched alkanes of at least 4 members (excludes halogenated alkanes) is 11. The molecule has 5 heteroatoms. The van der Waals surface area contributed by atoms with Crippen LogP contribution >= 0.6 is 11.6 Å². The maximum absolute atomic E-state index is 12.8. The summed E-state index contributed by atoms with van der Waals surface area (Å²) in [5, 5.41) is 3.63. The lowest BCUT2D eigenvalue weighted by Gasteiger charge is -2.13. The normalized spacial score (nSPS) is 10.9. The molecule has 0 fully saturated rings. The number of aromatic nitrogens is 1. The smallest absolute Gasteiger partial charge is 0.228 e. The molecule has 1 amide bonds. The highest BCUT2D eigenvalue weighted by atomic mass is 35.5. The summed E-state index contributed by atoms with van der Waals surface area (Å²) in [5.74, 6) is 0.633. The van der Waals surface area contributed by atoms with Gasteiger partial charge < -0.3 is 10.1 Å². The van der Waals surface area contributed by atoms with E-state index in [9.17, 15) is 4.79 Å². The fourth-order valence-corrected chi connectivity index (χ4v) is 4.92. The van der Waals surface area contributed by atoms with Gasteiger partial charge in [-0.3, -0.25) is 4.79 Å². The lowest BCUT2D eigenvalue weighted by atomic mass is 10.1. The van der Waals surface area contributed by atoms with Gasteiger partial charge in [0.1, 0.15) is 5.75 Å². The van der Waals surface area contributed by atoms with Crippen molar-refractivity contribution in [3.8, 4) is 5.75 Å². The molecule has 0 aliphatic rings. The second-order valence-electron chi connectivity index (χ2n) is 10.5. The molecule has 0 atom stereocenters. The standard InChI is InChI=1S/C34H45ClN2O2/c1-2-3-4-5-6-7-8-9-10-11-12-16-25-39-33-27-31(35)20-19-30(33)26-34(38)36-32-21-17-29(18-22-32)28-37-23-14-13-15-24-37/h13-15,17-24,27H,2-12,16,25-26,28H2,1H3/p+1. The van der Waals surface area contributed by atoms with Crippen molar-refractivity contribution in [3.05, 3.63) is 89.2 Å². The van der Waals surface area contributed by atoms with Gasteiger partial charge in [0.05, 0.1) is 13.0 Å². The third-order valence-electron chi connectivity index (χ3n) is 7.02. The molecule has 0 bridgehead atoms. The molecular weight excluding hydrogens is 504 g/mol. The van der Waals surface area contributed by atoms with Crippen LogP contribution in [0, 0.1) is 0 Å². The van der Waals surface area contributed by atoms with E-state index in [0.29, 0.717) is 17.4 Å². The molecule has 0 radical (unpaired) electrons. The molecular formula is C34H46ClN2O2+. The minimum absolute atomic E-state index is 0.0716. The monoisotopic (exact) mass is 549 g/mol. The number of carbonyl (C=O) groups excluding carboxylic acids is 1. The van der Waals surface area contributed by atoms with Crippen LogP contribution < -0.4 is 14.6 Å². The molecule has 1 N–H and O–H groups in total. The van der Waals surface area contributed by atoms with E-state index in [4.69, 9.17) is 16.3 Å². The van der Waals surface area contributed by atoms with Gasteiger partial charge in [0.25, 0.3) is 0 Å². The van der Waals surface area contributed by atoms with Crippen LogP contribution in [0.1, 0.15) is 95.1 Å². The predicted molar refractivity (Wildman–Crippen MR) is 163 cm³/mol. The highest BCUT2D eigenvalue weighted by Gasteiger charge is 2.11. The zero-order valence-electron chi connectivity index (χ0n) is 23.7. The van der Waals surface area contributed by atoms with Crippen LogP contribution in [0.5, 0.6) is 5.75 Å². The second-order valence-corrected chi connectivity index (χ2v) is 10.9. The van der Waals surface area contributed by atoms with Crippen molar-refractivity contribution in [2.45, 2.75) is 96.9 Å². The van der Waals surface area contributed by atoms with Gasteiger partial charge in [0, 0.05) is 34.0 Å². The van der Waals surface area contributed by atoms with Gasteiger partial charge in [-0.05, 0) is 30.7 Å². The first-order valence-electron chi connectivity index (χ1n) is 14.9. The van der Waals surface area contributed by atoms with Crippen LogP contribution in [0.15, 0.2) is 73.1 Å². The summed E-state index contributed by atoms with van der Waals surface area (Å²) >= 11 is 6.23. The lowest BCUT2D eigenvalue weighted by Crippen LogP contribution is -2.32. The number of nitrogens with zero attached hydrogens (tertiary/aromatic N) is 1. The van der Waals surface area contributed by atoms with Crippen LogP contribution in [0.4, 0.5) is 5.69 Å². The molecule has 0 aliphatic heterocycles. The molecule has 0 unspecified atom stereocenters. The number of hydrogen-bond donors (Lipinski definition) is 1. The number of halogens is 1. The van der Waals surface area contributed by atoms with Crippen molar-refractivity contribution in [2.75, 3.05) is 11.9 Å². The summed E-state index contributed by atoms with van der Waals surface area (Å²) in [7, 11) is 0. The van der Waals surface area contributed by atoms with Gasteiger partial charge in [-0.25, -0.2) is 4.57 Å². The second kappa shape index (κ2) is 18.4. The number of amides is 1. The number of carbonyl (C=O) groups is 1. The van der Waals surface area contributed by atoms with Gasteiger partial charge in [0.2, 0.25) is 5.91 Å². The Labute approximate surface area is 240 Å². The van der Waals surface area contributed by atoms with Crippen molar-refractivity contribution in [1.82, 2.24) is 0 Å². The first-order valence-corrected chi connectivity index (χ1v) is 15.3. The number of benzene rings is 2. The van der Waals surface area contributed by atoms with E-state index in [0.717, 1.165) is 24.2 Å². The molecule has 4 nitrogen and oxygen atoms in total. The molecule has 210 valence electrons. The largest absolute Gasteiger partial charge is 0.493 e. The van der Waals surface area contributed by atoms with Crippen molar-refractivity contribution in [1.29, 1.82) is 0 Å². The topological polar surface area (TPSA) is 42.2 Å². The zero-order valence-corrected chi connectivity index (χ0v) is 24.4. The van der Waals surface area contributed by atoms with Crippen molar-refractivity contribution >= 4 is 23.2 Å². The van der Waals surface area contributed by atoms with E-state index < -0.39 is 0 Å². The summed E-state index contributed by atoms with van der Waals surface area (Å²) < 4.78 is 8.18. The zero-order chi connectivity index (χ0) is 27.5. The maximum Gasteiger partial charge on any atom is 0.228 e. The Kier molecular flexibility index (Phi) is 14.5. The third kappa shape index (κ3) is 12.7. The number of hydrogen-bond acceptors (Lipinski definition) is 2. The van der Waals surface area contributed by atoms with Crippen LogP contribution in [0.2, 0.25) is 5.02 Å². The summed E-state index contributed by atoms with van der Waals surface area (Å²) in [6.07, 6.45) is 20.1. The Morgan fingerprint density at radius 3 is 2.05 bits per heavy atom. The molecule has 0 saturated carbocycles. The number of nitrogens with one attached hydrogen (secondary N) is 1. The predicted octanol–water partition coefficient (Wildman–Crippen LogP) is 8.94. The Hall–Kier alpha value is -2.85. The summed E-state index contributed by atoms with van der Waals surface area (Å²) in [6, 6.07) is 19.5. The van der Waals surface area contributed by atoms with Crippen molar-refractivity contribution in [2.24, 2.45) is 0 Å². The third-order valence-corrected chi connectivity index (χ3v) is 7.25. The molecule has 1 aromatic heterocycles. The Morgan fingerprint density at radius 2 is 1.41 bits per heavy atom. The highest BCUT2D eigenvalue weighted by Crippen LogP contribution is 2.25. The van der Waals surface area contributed by atoms with Crippen LogP contribution in [-0.4, -0.2) is 12.5 Å². The Morgan fingerprint density at radius 1 is 0.795 bits per heavy atom. The quantitative estimate of drug-likeness (QED) is 0.120. The molecule has 2 aromatic carbocycles. The van der Waals surface area contributed by atoms with Crippen molar-refractivity contribution < 1.29 is 14.1 Å². The van der Waals surface area contributed by atoms with Gasteiger partial charge >= 0.3 is 0 Å². The average Bonchev–Trinajstić information content (AvgIpc) is 2.94. The van der Waals surface area contributed by atoms with Gasteiger partial charge in [-0.2, -0.15) is 0 Å². The highest BCUT2D eigenvalue weighted by molar-refractivity contribution is 6.30. The average molecular weight is 550 g/mol. The van der Waals surface area contributed by atoms with Crippen LogP contribution in [0.3, 0.4) is 0 Å². The van der Waals surface area contributed by atoms with E-state index in [1.54, 1.807) is 0 Å². The maximum atomic E-state index is 12.8. The van der Waals surface area contributed by atoms with Crippen LogP contribution in [-0.2, 0) is 17.8 Å². The summed E-state index contributed by atoms with van der Waals surface area (Å²) in [4.78, 5) is 12.8. The summed E-state index contributed by atoms with van der Waals surface area (Å²) in [5.41, 5.74) is 2.82. The van der Waals surface area contributed by atoms with Gasteiger partial charge in [-0.1, -0.05) is 113 Å². The number of rotatable bonds is 19. The Bertz CT molecular complexity index is 1090. The van der Waals surface area contributed by atoms with E-state index in [2.05, 4.69) is 16.8 Å². The molecule has 3 rings (SSSR count). The fourth-order valence-electron chi connectivity index (χ4n) is 4.76. The fraction of sp³-hybridized carbons (Fsp3) is 0.471. The van der Waals surface area contributed by atoms with E-state index in [1.807, 2.05) is 73.1 Å². The van der Waals surface area contributed by atoms with Gasteiger partial charge in [0.15, 0.2) is 18.9 Å². The summed E-state index contributed by atoms with van der Waals surface area (Å²) in [6.45, 7) is 3.71. The molecule has 39 heavy (non-hydrogen) atoms. The van der Waals surface area contributed by atoms with E-state index in [-0.39, 0.29) is 12.3 Å². The van der Waals surface area contributed by atoms with E-state index >= 15 is 0 Å². The minimum atomic E-state index is -0.0716. The molecule has 3 aromatic rings. The van der Waals surface area contributed by atoms with E-state index in [1.165, 1.54) is 76.2 Å². The Balaban J connectivity index is 1.34. The van der Waals surface area contributed by atoms with Gasteiger partial charge in [-0.15, -0.1) is 0 Å². The SMILES string of the molecule is CCCCCCCCCCCCCCOc1cc(Cl)ccc1CC(=O)Nc1ccc(C[n+]2ccccc2)cc1. The molecule has 0 saturated heterocycles. The van der Waals surface area contributed by atoms with Crippen LogP contribution in [0.25, 0.3) is 0 Å². The number of anilines is 1. The minimum Gasteiger partial charge on any atom is -0.493 e. The first kappa shape index (κ1) is 30.7. The van der Waals surface area contributed by atoms with Crippen molar-refractivity contribution in [3.63, 3.8) is 0 Å².